The highest BCUT2D eigenvalue weighted by Gasteiger charge is 2.25. The van der Waals surface area contributed by atoms with Gasteiger partial charge in [0.25, 0.3) is 0 Å². The second kappa shape index (κ2) is 14.0. The first-order valence-electron chi connectivity index (χ1n) is 20.0. The number of aromatic nitrogens is 4. The predicted molar refractivity (Wildman–Crippen MR) is 250 cm³/mol. The molecule has 0 radical (unpaired) electrons. The number of benzene rings is 7. The summed E-state index contributed by atoms with van der Waals surface area (Å²) in [4.78, 5) is 9.19. The number of para-hydroxylation sites is 6. The second-order valence-electron chi connectivity index (χ2n) is 14.9. The molecule has 11 aromatic rings. The van der Waals surface area contributed by atoms with Gasteiger partial charge in [0, 0.05) is 78.9 Å². The Morgan fingerprint density at radius 1 is 0.583 bits per heavy atom. The van der Waals surface area contributed by atoms with Gasteiger partial charge < -0.3 is 13.7 Å². The summed E-state index contributed by atoms with van der Waals surface area (Å²) in [5.41, 5.74) is 12.7. The minimum atomic E-state index is 0.504. The van der Waals surface area contributed by atoms with Crippen LogP contribution >= 0.6 is 0 Å². The van der Waals surface area contributed by atoms with E-state index in [1.54, 1.807) is 6.20 Å². The van der Waals surface area contributed by atoms with Crippen molar-refractivity contribution in [2.24, 2.45) is 4.99 Å². The van der Waals surface area contributed by atoms with Crippen molar-refractivity contribution in [3.63, 3.8) is 0 Å². The largest absolute Gasteiger partial charge is 0.309 e. The van der Waals surface area contributed by atoms with Gasteiger partial charge >= 0.3 is 0 Å². The van der Waals surface area contributed by atoms with Gasteiger partial charge in [-0.2, -0.15) is 5.26 Å². The Labute approximate surface area is 346 Å². The van der Waals surface area contributed by atoms with E-state index in [2.05, 4.69) is 201 Å². The van der Waals surface area contributed by atoms with Gasteiger partial charge in [0.1, 0.15) is 6.07 Å². The number of hydrogen-bond acceptors (Lipinski definition) is 3. The first-order valence-corrected chi connectivity index (χ1v) is 20.0. The number of allylic oxidation sites excluding steroid dienone is 3. The lowest BCUT2D eigenvalue weighted by Gasteiger charge is -2.22. The zero-order valence-corrected chi connectivity index (χ0v) is 32.8. The zero-order valence-electron chi connectivity index (χ0n) is 32.8. The van der Waals surface area contributed by atoms with E-state index in [0.717, 1.165) is 105 Å². The van der Waals surface area contributed by atoms with Crippen LogP contribution in [-0.2, 0) is 0 Å². The fourth-order valence-electron chi connectivity index (χ4n) is 9.43. The fraction of sp³-hybridized carbons (Fsp3) is 0.0185. The number of pyridine rings is 1. The van der Waals surface area contributed by atoms with Crippen LogP contribution in [0.2, 0.25) is 0 Å². The monoisotopic (exact) mass is 768 g/mol. The smallest absolute Gasteiger partial charge is 0.100 e. The molecule has 0 atom stereocenters. The molecular weight excluding hydrogens is 733 g/mol. The van der Waals surface area contributed by atoms with Crippen molar-refractivity contribution in [1.82, 2.24) is 18.7 Å². The highest BCUT2D eigenvalue weighted by Crippen LogP contribution is 2.44. The van der Waals surface area contributed by atoms with Crippen LogP contribution in [0.25, 0.3) is 99.2 Å². The Morgan fingerprint density at radius 2 is 1.03 bits per heavy atom. The van der Waals surface area contributed by atoms with Gasteiger partial charge in [-0.25, -0.2) is 0 Å². The Morgan fingerprint density at radius 3 is 1.50 bits per heavy atom. The molecule has 4 aromatic heterocycles. The number of hydrogen-bond donors (Lipinski definition) is 0. The number of fused-ring (bicyclic) bond motifs is 9. The lowest BCUT2D eigenvalue weighted by molar-refractivity contribution is 1.15. The molecular formula is C54H36N6. The van der Waals surface area contributed by atoms with Crippen LogP contribution in [0.1, 0.15) is 18.1 Å². The van der Waals surface area contributed by atoms with Crippen molar-refractivity contribution >= 4 is 83.4 Å². The van der Waals surface area contributed by atoms with Gasteiger partial charge in [-0.1, -0.05) is 115 Å². The van der Waals surface area contributed by atoms with Gasteiger partial charge in [-0.15, -0.1) is 0 Å². The highest BCUT2D eigenvalue weighted by molar-refractivity contribution is 6.15. The molecule has 6 heteroatoms. The Kier molecular flexibility index (Phi) is 8.14. The van der Waals surface area contributed by atoms with E-state index in [1.807, 2.05) is 19.3 Å². The summed E-state index contributed by atoms with van der Waals surface area (Å²) in [7, 11) is 0. The van der Waals surface area contributed by atoms with E-state index >= 15 is 0 Å². The van der Waals surface area contributed by atoms with Crippen molar-refractivity contribution in [3.8, 4) is 28.6 Å². The SMILES string of the molecule is C=N/C=C(\C(=C/C)n1c2ccccc2c2ccccc21)c1cc(-n2c3ccccc3c3ccccc32)cc(-c2cnccc2-n2c3ccccc3c3ccccc32)c1C#N. The average Bonchev–Trinajstić information content (AvgIpc) is 3.95. The van der Waals surface area contributed by atoms with Crippen LogP contribution in [0.4, 0.5) is 0 Å². The molecule has 0 aliphatic carbocycles. The van der Waals surface area contributed by atoms with Crippen molar-refractivity contribution in [3.05, 3.63) is 200 Å². The molecule has 7 aromatic carbocycles. The van der Waals surface area contributed by atoms with E-state index in [0.29, 0.717) is 5.56 Å². The molecule has 0 unspecified atom stereocenters. The lowest BCUT2D eigenvalue weighted by Crippen LogP contribution is -2.06. The van der Waals surface area contributed by atoms with Crippen LogP contribution in [0, 0.1) is 11.3 Å². The van der Waals surface area contributed by atoms with Gasteiger partial charge in [0.2, 0.25) is 0 Å². The number of nitrogens with zero attached hydrogens (tertiary/aromatic N) is 6. The van der Waals surface area contributed by atoms with Crippen LogP contribution in [0.3, 0.4) is 0 Å². The van der Waals surface area contributed by atoms with E-state index in [9.17, 15) is 5.26 Å². The molecule has 60 heavy (non-hydrogen) atoms. The topological polar surface area (TPSA) is 63.8 Å². The van der Waals surface area contributed by atoms with E-state index in [-0.39, 0.29) is 0 Å². The maximum Gasteiger partial charge on any atom is 0.100 e. The zero-order chi connectivity index (χ0) is 40.3. The Balaban J connectivity index is 1.27. The molecule has 0 amide bonds. The van der Waals surface area contributed by atoms with Crippen LogP contribution < -0.4 is 0 Å². The number of nitriles is 1. The third kappa shape index (κ3) is 5.13. The van der Waals surface area contributed by atoms with E-state index in [1.165, 1.54) is 0 Å². The second-order valence-corrected chi connectivity index (χ2v) is 14.9. The Hall–Kier alpha value is -8.27. The van der Waals surface area contributed by atoms with E-state index in [4.69, 9.17) is 4.98 Å². The van der Waals surface area contributed by atoms with Crippen molar-refractivity contribution in [2.45, 2.75) is 6.92 Å². The van der Waals surface area contributed by atoms with Gasteiger partial charge in [0.15, 0.2) is 0 Å². The van der Waals surface area contributed by atoms with Gasteiger partial charge in [0.05, 0.1) is 50.0 Å². The lowest BCUT2D eigenvalue weighted by atomic mass is 9.90. The van der Waals surface area contributed by atoms with Gasteiger partial charge in [-0.05, 0) is 68.2 Å². The van der Waals surface area contributed by atoms with E-state index < -0.39 is 0 Å². The maximum atomic E-state index is 11.6. The molecule has 0 spiro atoms. The molecule has 0 fully saturated rings. The molecule has 0 bridgehead atoms. The molecule has 0 aliphatic rings. The quantitative estimate of drug-likeness (QED) is 0.120. The third-order valence-corrected chi connectivity index (χ3v) is 11.9. The van der Waals surface area contributed by atoms with Crippen molar-refractivity contribution in [2.75, 3.05) is 0 Å². The predicted octanol–water partition coefficient (Wildman–Crippen LogP) is 13.5. The number of aliphatic imine (C=N–C) groups is 1. The number of rotatable bonds is 7. The summed E-state index contributed by atoms with van der Waals surface area (Å²) in [6, 6.07) is 60.0. The molecule has 0 N–H and O–H groups in total. The van der Waals surface area contributed by atoms with Gasteiger partial charge in [-0.3, -0.25) is 9.98 Å². The Bertz CT molecular complexity index is 3500. The molecule has 4 heterocycles. The first-order chi connectivity index (χ1) is 29.7. The average molecular weight is 769 g/mol. The van der Waals surface area contributed by atoms with Crippen molar-refractivity contribution in [1.29, 1.82) is 5.26 Å². The molecule has 0 aliphatic heterocycles. The molecule has 0 saturated carbocycles. The normalized spacial score (nSPS) is 12.3. The molecule has 6 nitrogen and oxygen atoms in total. The summed E-state index contributed by atoms with van der Waals surface area (Å²) in [5.74, 6) is 0. The molecule has 11 rings (SSSR count). The van der Waals surface area contributed by atoms with Crippen LogP contribution in [0.5, 0.6) is 0 Å². The summed E-state index contributed by atoms with van der Waals surface area (Å²) in [5, 5.41) is 18.4. The van der Waals surface area contributed by atoms with Crippen molar-refractivity contribution < 1.29 is 0 Å². The summed E-state index contributed by atoms with van der Waals surface area (Å²) in [6.45, 7) is 6.02. The van der Waals surface area contributed by atoms with Crippen LogP contribution in [-0.4, -0.2) is 25.4 Å². The maximum absolute atomic E-state index is 11.6. The minimum absolute atomic E-state index is 0.504. The molecule has 0 saturated heterocycles. The van der Waals surface area contributed by atoms with Crippen LogP contribution in [0.15, 0.2) is 193 Å². The highest BCUT2D eigenvalue weighted by atomic mass is 15.0. The summed E-state index contributed by atoms with van der Waals surface area (Å²) < 4.78 is 6.89. The standard InChI is InChI=1S/C54H36N6/c1-3-47(59-50-24-12-6-18-38(50)39-19-7-13-25-51(39)59)45(33-56-2)42-30-35(58-48-22-10-4-16-36(48)37-17-5-11-23-49(37)58)31-43(44(42)32-55)46-34-57-29-28-54(46)60-52-26-14-8-20-40(52)41-21-9-15-27-53(41)60/h3-31,33-34H,2H2,1H3/b45-33-,47-3+. The summed E-state index contributed by atoms with van der Waals surface area (Å²) >= 11 is 0. The summed E-state index contributed by atoms with van der Waals surface area (Å²) in [6.07, 6.45) is 7.63. The fourth-order valence-corrected chi connectivity index (χ4v) is 9.43. The molecule has 282 valence electrons. The third-order valence-electron chi connectivity index (χ3n) is 11.9. The first kappa shape index (κ1) is 34.9. The minimum Gasteiger partial charge on any atom is -0.309 e.